The van der Waals surface area contributed by atoms with Gasteiger partial charge in [-0.15, -0.1) is 5.10 Å². The van der Waals surface area contributed by atoms with Crippen molar-refractivity contribution in [3.63, 3.8) is 0 Å². The molecule has 1 rings (SSSR count). The Balaban J connectivity index is 2.84. The third-order valence-corrected chi connectivity index (χ3v) is 1.81. The highest BCUT2D eigenvalue weighted by molar-refractivity contribution is 7.05. The summed E-state index contributed by atoms with van der Waals surface area (Å²) in [4.78, 5) is 0.970. The minimum absolute atomic E-state index is 0.434. The molecule has 0 aliphatic carbocycles. The van der Waals surface area contributed by atoms with E-state index in [0.29, 0.717) is 6.42 Å². The number of aryl methyl sites for hydroxylation is 1. The van der Waals surface area contributed by atoms with Crippen molar-refractivity contribution in [1.82, 2.24) is 9.59 Å². The summed E-state index contributed by atoms with van der Waals surface area (Å²) in [7, 11) is 0. The van der Waals surface area contributed by atoms with Crippen molar-refractivity contribution in [2.75, 3.05) is 0 Å². The molecule has 0 saturated carbocycles. The van der Waals surface area contributed by atoms with Crippen LogP contribution in [0.5, 0.6) is 0 Å². The first kappa shape index (κ1) is 6.17. The topological polar surface area (TPSA) is 49.6 Å². The average Bonchev–Trinajstić information content (AvgIpc) is 2.18. The van der Waals surface area contributed by atoms with Crippen LogP contribution < -0.4 is 0 Å². The van der Waals surface area contributed by atoms with E-state index in [0.717, 1.165) is 10.6 Å². The van der Waals surface area contributed by atoms with E-state index < -0.39 is 0 Å². The predicted octanol–water partition coefficient (Wildman–Crippen LogP) is 0.913. The van der Waals surface area contributed by atoms with Gasteiger partial charge < -0.3 is 0 Å². The van der Waals surface area contributed by atoms with Gasteiger partial charge in [-0.05, 0) is 18.5 Å². The summed E-state index contributed by atoms with van der Waals surface area (Å²) in [5.74, 6) is 0. The molecule has 0 saturated heterocycles. The Morgan fingerprint density at radius 2 is 2.56 bits per heavy atom. The highest BCUT2D eigenvalue weighted by Crippen LogP contribution is 2.08. The second-order valence-corrected chi connectivity index (χ2v) is 2.46. The summed E-state index contributed by atoms with van der Waals surface area (Å²) in [5, 5.41) is 12.0. The molecule has 0 atom stereocenters. The first-order chi connectivity index (χ1) is 4.34. The van der Waals surface area contributed by atoms with E-state index in [1.165, 1.54) is 11.5 Å². The molecule has 9 heavy (non-hydrogen) atoms. The largest absolute Gasteiger partial charge is 0.198 e. The molecule has 0 aliphatic rings. The highest BCUT2D eigenvalue weighted by atomic mass is 32.1. The van der Waals surface area contributed by atoms with Crippen molar-refractivity contribution < 1.29 is 0 Å². The molecule has 0 unspecified atom stereocenters. The van der Waals surface area contributed by atoms with Gasteiger partial charge >= 0.3 is 0 Å². The quantitative estimate of drug-likeness (QED) is 0.581. The van der Waals surface area contributed by atoms with Crippen LogP contribution in [0.25, 0.3) is 0 Å². The Labute approximate surface area is 57.1 Å². The van der Waals surface area contributed by atoms with Gasteiger partial charge in [0.2, 0.25) is 0 Å². The van der Waals surface area contributed by atoms with Gasteiger partial charge in [-0.25, -0.2) is 0 Å². The van der Waals surface area contributed by atoms with Crippen LogP contribution in [-0.4, -0.2) is 9.59 Å². The molecule has 0 aliphatic heterocycles. The van der Waals surface area contributed by atoms with E-state index in [-0.39, 0.29) is 0 Å². The van der Waals surface area contributed by atoms with E-state index in [1.807, 2.05) is 13.0 Å². The smallest absolute Gasteiger partial charge is 0.0767 e. The molecule has 0 amide bonds. The standard InChI is InChI=1S/C5H5N3S/c1-4-5(2-3-6)9-8-7-4/h2H2,1H3. The lowest BCUT2D eigenvalue weighted by Crippen LogP contribution is -1.79. The third-order valence-electron chi connectivity index (χ3n) is 0.985. The summed E-state index contributed by atoms with van der Waals surface area (Å²) in [6.45, 7) is 1.86. The highest BCUT2D eigenvalue weighted by Gasteiger charge is 1.99. The lowest BCUT2D eigenvalue weighted by Gasteiger charge is -1.81. The number of rotatable bonds is 1. The summed E-state index contributed by atoms with van der Waals surface area (Å²) >= 11 is 1.29. The summed E-state index contributed by atoms with van der Waals surface area (Å²) in [6.07, 6.45) is 0.434. The molecular formula is C5H5N3S. The van der Waals surface area contributed by atoms with Crippen LogP contribution in [0.3, 0.4) is 0 Å². The number of nitrogens with zero attached hydrogens (tertiary/aromatic N) is 3. The molecule has 0 N–H and O–H groups in total. The number of hydrogen-bond donors (Lipinski definition) is 0. The first-order valence-electron chi connectivity index (χ1n) is 2.49. The maximum absolute atomic E-state index is 8.26. The lowest BCUT2D eigenvalue weighted by atomic mass is 10.3. The summed E-state index contributed by atoms with van der Waals surface area (Å²) < 4.78 is 3.68. The Bertz CT molecular complexity index is 235. The van der Waals surface area contributed by atoms with Gasteiger partial charge in [-0.1, -0.05) is 4.49 Å². The molecule has 0 fully saturated rings. The SMILES string of the molecule is Cc1nnsc1CC#N. The molecule has 1 heterocycles. The fourth-order valence-electron chi connectivity index (χ4n) is 0.485. The van der Waals surface area contributed by atoms with E-state index in [4.69, 9.17) is 5.26 Å². The van der Waals surface area contributed by atoms with Crippen molar-refractivity contribution in [1.29, 1.82) is 5.26 Å². The van der Waals surface area contributed by atoms with Crippen LogP contribution in [0.4, 0.5) is 0 Å². The number of aromatic nitrogens is 2. The van der Waals surface area contributed by atoms with Gasteiger partial charge in [0.25, 0.3) is 0 Å². The second kappa shape index (κ2) is 2.55. The van der Waals surface area contributed by atoms with Crippen LogP contribution in [0.2, 0.25) is 0 Å². The molecule has 0 aromatic carbocycles. The molecule has 4 heteroatoms. The molecule has 0 radical (unpaired) electrons. The fourth-order valence-corrected chi connectivity index (χ4v) is 1.05. The van der Waals surface area contributed by atoms with E-state index in [2.05, 4.69) is 9.59 Å². The predicted molar refractivity (Wildman–Crippen MR) is 34.0 cm³/mol. The summed E-state index contributed by atoms with van der Waals surface area (Å²) in [6, 6.07) is 2.04. The van der Waals surface area contributed by atoms with Crippen LogP contribution in [0.15, 0.2) is 0 Å². The third kappa shape index (κ3) is 1.24. The maximum Gasteiger partial charge on any atom is 0.0767 e. The van der Waals surface area contributed by atoms with Crippen molar-refractivity contribution >= 4 is 11.5 Å². The molecule has 46 valence electrons. The van der Waals surface area contributed by atoms with Gasteiger partial charge in [0.05, 0.1) is 23.1 Å². The van der Waals surface area contributed by atoms with Crippen LogP contribution >= 0.6 is 11.5 Å². The van der Waals surface area contributed by atoms with Crippen molar-refractivity contribution in [2.45, 2.75) is 13.3 Å². The molecular weight excluding hydrogens is 134 g/mol. The fraction of sp³-hybridized carbons (Fsp3) is 0.400. The Morgan fingerprint density at radius 3 is 3.00 bits per heavy atom. The van der Waals surface area contributed by atoms with E-state index in [1.54, 1.807) is 0 Å². The summed E-state index contributed by atoms with van der Waals surface area (Å²) in [5.41, 5.74) is 0.876. The van der Waals surface area contributed by atoms with Gasteiger partial charge in [0, 0.05) is 0 Å². The molecule has 1 aromatic rings. The monoisotopic (exact) mass is 139 g/mol. The van der Waals surface area contributed by atoms with Gasteiger partial charge in [-0.3, -0.25) is 0 Å². The van der Waals surface area contributed by atoms with Crippen LogP contribution in [0.1, 0.15) is 10.6 Å². The number of hydrogen-bond acceptors (Lipinski definition) is 4. The minimum atomic E-state index is 0.434. The normalized spacial score (nSPS) is 8.89. The van der Waals surface area contributed by atoms with Crippen LogP contribution in [0, 0.1) is 18.3 Å². The average molecular weight is 139 g/mol. The van der Waals surface area contributed by atoms with Gasteiger partial charge in [-0.2, -0.15) is 5.26 Å². The Morgan fingerprint density at radius 1 is 1.78 bits per heavy atom. The Kier molecular flexibility index (Phi) is 1.75. The van der Waals surface area contributed by atoms with Crippen LogP contribution in [-0.2, 0) is 6.42 Å². The zero-order chi connectivity index (χ0) is 6.69. The van der Waals surface area contributed by atoms with Crippen molar-refractivity contribution in [3.05, 3.63) is 10.6 Å². The van der Waals surface area contributed by atoms with Gasteiger partial charge in [0.1, 0.15) is 0 Å². The zero-order valence-electron chi connectivity index (χ0n) is 4.96. The lowest BCUT2D eigenvalue weighted by molar-refractivity contribution is 1.07. The number of nitriles is 1. The van der Waals surface area contributed by atoms with Crippen molar-refractivity contribution in [3.8, 4) is 6.07 Å². The van der Waals surface area contributed by atoms with Crippen molar-refractivity contribution in [2.24, 2.45) is 0 Å². The maximum atomic E-state index is 8.26. The van der Waals surface area contributed by atoms with E-state index in [9.17, 15) is 0 Å². The van der Waals surface area contributed by atoms with E-state index >= 15 is 0 Å². The molecule has 0 spiro atoms. The first-order valence-corrected chi connectivity index (χ1v) is 3.26. The Hall–Kier alpha value is -0.950. The van der Waals surface area contributed by atoms with Gasteiger partial charge in [0.15, 0.2) is 0 Å². The molecule has 1 aromatic heterocycles. The molecule has 0 bridgehead atoms. The zero-order valence-corrected chi connectivity index (χ0v) is 5.77. The second-order valence-electron chi connectivity index (χ2n) is 1.62. The molecule has 3 nitrogen and oxygen atoms in total. The minimum Gasteiger partial charge on any atom is -0.198 e.